The van der Waals surface area contributed by atoms with Gasteiger partial charge in [-0.3, -0.25) is 0 Å². The van der Waals surface area contributed by atoms with Gasteiger partial charge in [0.15, 0.2) is 0 Å². The fourth-order valence-electron chi connectivity index (χ4n) is 1.90. The third-order valence-electron chi connectivity index (χ3n) is 2.77. The minimum Gasteiger partial charge on any atom is -0.508 e. The van der Waals surface area contributed by atoms with Crippen molar-refractivity contribution < 1.29 is 13.5 Å². The van der Waals surface area contributed by atoms with Gasteiger partial charge in [0.2, 0.25) is 10.0 Å². The summed E-state index contributed by atoms with van der Waals surface area (Å²) in [6.45, 7) is 1.16. The summed E-state index contributed by atoms with van der Waals surface area (Å²) in [7, 11) is -3.41. The number of phenolic OH excluding ortho intramolecular Hbond substituents is 1. The van der Waals surface area contributed by atoms with Gasteiger partial charge in [0.25, 0.3) is 0 Å². The van der Waals surface area contributed by atoms with Gasteiger partial charge in [0.05, 0.1) is 4.90 Å². The number of aromatic hydroxyl groups is 1. The van der Waals surface area contributed by atoms with Gasteiger partial charge in [-0.25, -0.2) is 8.42 Å². The first-order chi connectivity index (χ1) is 7.60. The molecule has 0 bridgehead atoms. The quantitative estimate of drug-likeness (QED) is 0.855. The van der Waals surface area contributed by atoms with Crippen molar-refractivity contribution in [3.05, 3.63) is 24.3 Å². The molecular formula is C11H15NO3S. The predicted molar refractivity (Wildman–Crippen MR) is 60.7 cm³/mol. The zero-order valence-electron chi connectivity index (χ0n) is 8.96. The molecule has 0 saturated carbocycles. The summed E-state index contributed by atoms with van der Waals surface area (Å²) in [6, 6.07) is 5.83. The normalized spacial score (nSPS) is 18.5. The molecule has 1 heterocycles. The van der Waals surface area contributed by atoms with E-state index in [9.17, 15) is 13.5 Å². The first-order valence-corrected chi connectivity index (χ1v) is 6.84. The lowest BCUT2D eigenvalue weighted by Crippen LogP contribution is -2.35. The van der Waals surface area contributed by atoms with Gasteiger partial charge in [-0.05, 0) is 31.0 Å². The Morgan fingerprint density at radius 1 is 1.12 bits per heavy atom. The van der Waals surface area contributed by atoms with E-state index in [1.807, 2.05) is 0 Å². The number of hydrogen-bond acceptors (Lipinski definition) is 3. The van der Waals surface area contributed by atoms with Crippen LogP contribution in [0.25, 0.3) is 0 Å². The number of hydrogen-bond donors (Lipinski definition) is 1. The predicted octanol–water partition coefficient (Wildman–Crippen LogP) is 1.57. The molecule has 4 nitrogen and oxygen atoms in total. The topological polar surface area (TPSA) is 57.6 Å². The Morgan fingerprint density at radius 3 is 2.44 bits per heavy atom. The van der Waals surface area contributed by atoms with Crippen LogP contribution in [0.3, 0.4) is 0 Å². The molecule has 1 aromatic carbocycles. The van der Waals surface area contributed by atoms with E-state index in [1.165, 1.54) is 22.5 Å². The molecule has 16 heavy (non-hydrogen) atoms. The second kappa shape index (κ2) is 4.43. The van der Waals surface area contributed by atoms with Gasteiger partial charge in [0, 0.05) is 13.1 Å². The molecule has 0 amide bonds. The molecule has 5 heteroatoms. The molecule has 1 aromatic rings. The second-order valence-corrected chi connectivity index (χ2v) is 5.90. The van der Waals surface area contributed by atoms with Crippen LogP contribution < -0.4 is 0 Å². The summed E-state index contributed by atoms with van der Waals surface area (Å²) in [5.74, 6) is -0.0157. The zero-order valence-corrected chi connectivity index (χ0v) is 9.78. The standard InChI is InChI=1S/C11H15NO3S/c13-10-5-4-6-11(9-10)16(14,15)12-7-2-1-3-8-12/h4-6,9,13H,1-3,7-8H2. The van der Waals surface area contributed by atoms with Crippen LogP contribution in [-0.4, -0.2) is 30.9 Å². The Labute approximate surface area is 95.6 Å². The van der Waals surface area contributed by atoms with E-state index < -0.39 is 10.0 Å². The van der Waals surface area contributed by atoms with Crippen molar-refractivity contribution in [3.63, 3.8) is 0 Å². The molecular weight excluding hydrogens is 226 g/mol. The summed E-state index contributed by atoms with van der Waals surface area (Å²) >= 11 is 0. The van der Waals surface area contributed by atoms with Gasteiger partial charge in [-0.2, -0.15) is 4.31 Å². The average molecular weight is 241 g/mol. The maximum atomic E-state index is 12.2. The SMILES string of the molecule is O=S(=O)(c1cccc(O)c1)N1CCCCC1. The van der Waals surface area contributed by atoms with E-state index in [-0.39, 0.29) is 10.6 Å². The molecule has 1 fully saturated rings. The van der Waals surface area contributed by atoms with Crippen LogP contribution in [0.2, 0.25) is 0 Å². The molecule has 0 unspecified atom stereocenters. The molecule has 1 N–H and O–H groups in total. The number of piperidine rings is 1. The van der Waals surface area contributed by atoms with Crippen molar-refractivity contribution >= 4 is 10.0 Å². The van der Waals surface area contributed by atoms with Crippen LogP contribution >= 0.6 is 0 Å². The Kier molecular flexibility index (Phi) is 3.16. The van der Waals surface area contributed by atoms with Gasteiger partial charge in [-0.1, -0.05) is 12.5 Å². The summed E-state index contributed by atoms with van der Waals surface area (Å²) < 4.78 is 25.8. The summed E-state index contributed by atoms with van der Waals surface area (Å²) in [5.41, 5.74) is 0. The van der Waals surface area contributed by atoms with Crippen LogP contribution in [0.15, 0.2) is 29.2 Å². The Morgan fingerprint density at radius 2 is 1.81 bits per heavy atom. The van der Waals surface area contributed by atoms with Crippen molar-refractivity contribution in [2.45, 2.75) is 24.2 Å². The number of benzene rings is 1. The van der Waals surface area contributed by atoms with Gasteiger partial charge in [-0.15, -0.1) is 0 Å². The molecule has 2 rings (SSSR count). The lowest BCUT2D eigenvalue weighted by atomic mass is 10.2. The summed E-state index contributed by atoms with van der Waals surface area (Å²) in [4.78, 5) is 0.175. The van der Waals surface area contributed by atoms with E-state index >= 15 is 0 Å². The molecule has 0 aromatic heterocycles. The van der Waals surface area contributed by atoms with Crippen LogP contribution in [0.1, 0.15) is 19.3 Å². The van der Waals surface area contributed by atoms with Crippen LogP contribution in [-0.2, 0) is 10.0 Å². The van der Waals surface area contributed by atoms with Crippen LogP contribution in [0.5, 0.6) is 5.75 Å². The van der Waals surface area contributed by atoms with E-state index in [1.54, 1.807) is 6.07 Å². The smallest absolute Gasteiger partial charge is 0.243 e. The van der Waals surface area contributed by atoms with Crippen molar-refractivity contribution in [2.75, 3.05) is 13.1 Å². The largest absolute Gasteiger partial charge is 0.508 e. The number of phenols is 1. The number of rotatable bonds is 2. The summed E-state index contributed by atoms with van der Waals surface area (Å²) in [5, 5.41) is 9.29. The monoisotopic (exact) mass is 241 g/mol. The Hall–Kier alpha value is -1.07. The second-order valence-electron chi connectivity index (χ2n) is 3.96. The van der Waals surface area contributed by atoms with Crippen LogP contribution in [0, 0.1) is 0 Å². The number of sulfonamides is 1. The van der Waals surface area contributed by atoms with E-state index in [0.29, 0.717) is 13.1 Å². The van der Waals surface area contributed by atoms with Crippen molar-refractivity contribution in [1.82, 2.24) is 4.31 Å². The van der Waals surface area contributed by atoms with E-state index in [0.717, 1.165) is 19.3 Å². The van der Waals surface area contributed by atoms with Crippen molar-refractivity contribution in [3.8, 4) is 5.75 Å². The minimum absolute atomic E-state index is 0.0157. The average Bonchev–Trinajstić information content (AvgIpc) is 2.30. The third-order valence-corrected chi connectivity index (χ3v) is 4.67. The third kappa shape index (κ3) is 2.20. The maximum Gasteiger partial charge on any atom is 0.243 e. The highest BCUT2D eigenvalue weighted by Gasteiger charge is 2.25. The molecule has 0 aliphatic carbocycles. The fraction of sp³-hybridized carbons (Fsp3) is 0.455. The lowest BCUT2D eigenvalue weighted by molar-refractivity contribution is 0.346. The highest BCUT2D eigenvalue weighted by atomic mass is 32.2. The first-order valence-electron chi connectivity index (χ1n) is 5.40. The minimum atomic E-state index is -3.41. The summed E-state index contributed by atoms with van der Waals surface area (Å²) in [6.07, 6.45) is 2.92. The molecule has 0 atom stereocenters. The van der Waals surface area contributed by atoms with E-state index in [2.05, 4.69) is 0 Å². The van der Waals surface area contributed by atoms with Gasteiger partial charge >= 0.3 is 0 Å². The Bertz CT molecular complexity index is 464. The van der Waals surface area contributed by atoms with Gasteiger partial charge < -0.3 is 5.11 Å². The number of nitrogens with zero attached hydrogens (tertiary/aromatic N) is 1. The molecule has 88 valence electrons. The highest BCUT2D eigenvalue weighted by molar-refractivity contribution is 7.89. The first kappa shape index (κ1) is 11.4. The lowest BCUT2D eigenvalue weighted by Gasteiger charge is -2.25. The molecule has 1 saturated heterocycles. The van der Waals surface area contributed by atoms with Crippen LogP contribution in [0.4, 0.5) is 0 Å². The van der Waals surface area contributed by atoms with E-state index in [4.69, 9.17) is 0 Å². The zero-order chi connectivity index (χ0) is 11.6. The highest BCUT2D eigenvalue weighted by Crippen LogP contribution is 2.22. The molecule has 0 radical (unpaired) electrons. The molecule has 1 aliphatic rings. The Balaban J connectivity index is 2.30. The van der Waals surface area contributed by atoms with Crippen molar-refractivity contribution in [2.24, 2.45) is 0 Å². The van der Waals surface area contributed by atoms with Crippen molar-refractivity contribution in [1.29, 1.82) is 0 Å². The van der Waals surface area contributed by atoms with Gasteiger partial charge in [0.1, 0.15) is 5.75 Å². The molecule has 1 aliphatic heterocycles. The fourth-order valence-corrected chi connectivity index (χ4v) is 3.46. The maximum absolute atomic E-state index is 12.2. The molecule has 0 spiro atoms.